The van der Waals surface area contributed by atoms with Gasteiger partial charge in [0, 0.05) is 5.56 Å². The summed E-state index contributed by atoms with van der Waals surface area (Å²) in [4.78, 5) is 23.7. The van der Waals surface area contributed by atoms with Crippen LogP contribution in [0.1, 0.15) is 21.5 Å². The molecule has 0 aliphatic rings. The van der Waals surface area contributed by atoms with Crippen molar-refractivity contribution in [1.82, 2.24) is 10.9 Å². The maximum absolute atomic E-state index is 11.9. The average Bonchev–Trinajstić information content (AvgIpc) is 2.57. The van der Waals surface area contributed by atoms with Crippen LogP contribution in [-0.4, -0.2) is 25.5 Å². The topological polar surface area (TPSA) is 76.7 Å². The molecule has 2 amide bonds. The van der Waals surface area contributed by atoms with Crippen LogP contribution in [0.15, 0.2) is 42.5 Å². The Kier molecular flexibility index (Phi) is 5.78. The van der Waals surface area contributed by atoms with E-state index in [4.69, 9.17) is 9.47 Å². The van der Waals surface area contributed by atoms with Crippen LogP contribution in [0.2, 0.25) is 0 Å². The van der Waals surface area contributed by atoms with Crippen LogP contribution in [0.3, 0.4) is 0 Å². The van der Waals surface area contributed by atoms with Crippen molar-refractivity contribution in [3.05, 3.63) is 59.2 Å². The van der Waals surface area contributed by atoms with Gasteiger partial charge in [-0.15, -0.1) is 0 Å². The zero-order valence-corrected chi connectivity index (χ0v) is 13.9. The lowest BCUT2D eigenvalue weighted by molar-refractivity contribution is -0.123. The standard InChI is InChI=1S/C18H20N2O4/c1-12-8-13(2)10-16(9-12)24-11-17(21)19-20-18(22)14-4-6-15(23-3)7-5-14/h4-10H,11H2,1-3H3,(H,19,21)(H,20,22). The van der Waals surface area contributed by atoms with Crippen molar-refractivity contribution in [3.8, 4) is 11.5 Å². The Hall–Kier alpha value is -3.02. The summed E-state index contributed by atoms with van der Waals surface area (Å²) < 4.78 is 10.4. The van der Waals surface area contributed by atoms with E-state index in [1.807, 2.05) is 32.0 Å². The van der Waals surface area contributed by atoms with Crippen molar-refractivity contribution in [2.45, 2.75) is 13.8 Å². The van der Waals surface area contributed by atoms with E-state index in [-0.39, 0.29) is 6.61 Å². The highest BCUT2D eigenvalue weighted by atomic mass is 16.5. The van der Waals surface area contributed by atoms with E-state index in [1.165, 1.54) is 0 Å². The van der Waals surface area contributed by atoms with Crippen molar-refractivity contribution in [3.63, 3.8) is 0 Å². The zero-order valence-electron chi connectivity index (χ0n) is 13.9. The van der Waals surface area contributed by atoms with E-state index in [0.29, 0.717) is 17.1 Å². The maximum atomic E-state index is 11.9. The summed E-state index contributed by atoms with van der Waals surface area (Å²) in [7, 11) is 1.55. The molecule has 2 rings (SSSR count). The number of hydrazine groups is 1. The number of aryl methyl sites for hydroxylation is 2. The first-order valence-electron chi connectivity index (χ1n) is 7.42. The largest absolute Gasteiger partial charge is 0.497 e. The number of amides is 2. The van der Waals surface area contributed by atoms with Crippen LogP contribution in [0.25, 0.3) is 0 Å². The molecule has 126 valence electrons. The molecule has 6 heteroatoms. The molecule has 2 N–H and O–H groups in total. The van der Waals surface area contributed by atoms with Gasteiger partial charge in [0.2, 0.25) is 0 Å². The normalized spacial score (nSPS) is 9.96. The number of hydrogen-bond acceptors (Lipinski definition) is 4. The third-order valence-corrected chi connectivity index (χ3v) is 3.23. The smallest absolute Gasteiger partial charge is 0.276 e. The minimum atomic E-state index is -0.448. The predicted molar refractivity (Wildman–Crippen MR) is 90.0 cm³/mol. The monoisotopic (exact) mass is 328 g/mol. The minimum Gasteiger partial charge on any atom is -0.497 e. The Morgan fingerprint density at radius 3 is 2.12 bits per heavy atom. The molecule has 6 nitrogen and oxygen atoms in total. The summed E-state index contributed by atoms with van der Waals surface area (Å²) in [5.74, 6) is 0.398. The number of carbonyl (C=O) groups is 2. The Bertz CT molecular complexity index is 706. The molecule has 2 aromatic rings. The first-order valence-corrected chi connectivity index (χ1v) is 7.42. The molecule has 0 fully saturated rings. The van der Waals surface area contributed by atoms with Crippen molar-refractivity contribution >= 4 is 11.8 Å². The second kappa shape index (κ2) is 8.01. The molecule has 0 radical (unpaired) electrons. The molecule has 0 bridgehead atoms. The maximum Gasteiger partial charge on any atom is 0.276 e. The number of methoxy groups -OCH3 is 1. The van der Waals surface area contributed by atoms with Crippen LogP contribution < -0.4 is 20.3 Å². The Morgan fingerprint density at radius 1 is 0.917 bits per heavy atom. The fraction of sp³-hybridized carbons (Fsp3) is 0.222. The van der Waals surface area contributed by atoms with Gasteiger partial charge in [-0.05, 0) is 61.4 Å². The van der Waals surface area contributed by atoms with Gasteiger partial charge in [-0.1, -0.05) is 6.07 Å². The molecule has 0 spiro atoms. The van der Waals surface area contributed by atoms with Crippen molar-refractivity contribution in [2.75, 3.05) is 13.7 Å². The van der Waals surface area contributed by atoms with Gasteiger partial charge >= 0.3 is 0 Å². The van der Waals surface area contributed by atoms with Gasteiger partial charge in [-0.2, -0.15) is 0 Å². The molecule has 24 heavy (non-hydrogen) atoms. The van der Waals surface area contributed by atoms with Gasteiger partial charge in [0.1, 0.15) is 11.5 Å². The van der Waals surface area contributed by atoms with E-state index in [0.717, 1.165) is 11.1 Å². The van der Waals surface area contributed by atoms with E-state index >= 15 is 0 Å². The Balaban J connectivity index is 1.80. The van der Waals surface area contributed by atoms with Crippen LogP contribution in [0.5, 0.6) is 11.5 Å². The van der Waals surface area contributed by atoms with Gasteiger partial charge in [0.25, 0.3) is 11.8 Å². The van der Waals surface area contributed by atoms with Crippen molar-refractivity contribution in [1.29, 1.82) is 0 Å². The Morgan fingerprint density at radius 2 is 1.54 bits per heavy atom. The number of nitrogens with one attached hydrogen (secondary N) is 2. The fourth-order valence-electron chi connectivity index (χ4n) is 2.14. The quantitative estimate of drug-likeness (QED) is 0.825. The van der Waals surface area contributed by atoms with Gasteiger partial charge in [-0.3, -0.25) is 20.4 Å². The molecule has 0 saturated heterocycles. The third-order valence-electron chi connectivity index (χ3n) is 3.23. The SMILES string of the molecule is COc1ccc(C(=O)NNC(=O)COc2cc(C)cc(C)c2)cc1. The molecule has 0 aliphatic heterocycles. The highest BCUT2D eigenvalue weighted by Crippen LogP contribution is 2.16. The van der Waals surface area contributed by atoms with Gasteiger partial charge in [0.15, 0.2) is 6.61 Å². The lowest BCUT2D eigenvalue weighted by Gasteiger charge is -2.10. The Labute approximate surface area is 140 Å². The number of carbonyl (C=O) groups excluding carboxylic acids is 2. The fourth-order valence-corrected chi connectivity index (χ4v) is 2.14. The highest BCUT2D eigenvalue weighted by molar-refractivity contribution is 5.95. The van der Waals surface area contributed by atoms with Crippen LogP contribution >= 0.6 is 0 Å². The molecule has 0 heterocycles. The number of ether oxygens (including phenoxy) is 2. The highest BCUT2D eigenvalue weighted by Gasteiger charge is 2.08. The second-order valence-electron chi connectivity index (χ2n) is 5.34. The molecule has 2 aromatic carbocycles. The lowest BCUT2D eigenvalue weighted by atomic mass is 10.1. The van der Waals surface area contributed by atoms with E-state index < -0.39 is 11.8 Å². The van der Waals surface area contributed by atoms with Crippen LogP contribution in [-0.2, 0) is 4.79 Å². The molecule has 0 unspecified atom stereocenters. The summed E-state index contributed by atoms with van der Waals surface area (Å²) in [6, 6.07) is 12.2. The molecule has 0 aliphatic carbocycles. The lowest BCUT2D eigenvalue weighted by Crippen LogP contribution is -2.43. The summed E-state index contributed by atoms with van der Waals surface area (Å²) in [6.07, 6.45) is 0. The van der Waals surface area contributed by atoms with E-state index in [1.54, 1.807) is 31.4 Å². The third kappa shape index (κ3) is 5.01. The number of hydrogen-bond donors (Lipinski definition) is 2. The van der Waals surface area contributed by atoms with Gasteiger partial charge in [0.05, 0.1) is 7.11 Å². The van der Waals surface area contributed by atoms with E-state index in [9.17, 15) is 9.59 Å². The summed E-state index contributed by atoms with van der Waals surface area (Å²) in [5, 5.41) is 0. The summed E-state index contributed by atoms with van der Waals surface area (Å²) in [6.45, 7) is 3.72. The zero-order chi connectivity index (χ0) is 17.5. The summed E-state index contributed by atoms with van der Waals surface area (Å²) in [5.41, 5.74) is 7.17. The molecular formula is C18H20N2O4. The molecule has 0 atom stereocenters. The van der Waals surface area contributed by atoms with Gasteiger partial charge < -0.3 is 9.47 Å². The minimum absolute atomic E-state index is 0.189. The van der Waals surface area contributed by atoms with Crippen LogP contribution in [0.4, 0.5) is 0 Å². The van der Waals surface area contributed by atoms with Crippen molar-refractivity contribution in [2.24, 2.45) is 0 Å². The first kappa shape index (κ1) is 17.3. The molecule has 0 saturated carbocycles. The molecular weight excluding hydrogens is 308 g/mol. The predicted octanol–water partition coefficient (Wildman–Crippen LogP) is 2.15. The molecule has 0 aromatic heterocycles. The second-order valence-corrected chi connectivity index (χ2v) is 5.34. The number of rotatable bonds is 5. The average molecular weight is 328 g/mol. The van der Waals surface area contributed by atoms with E-state index in [2.05, 4.69) is 10.9 Å². The van der Waals surface area contributed by atoms with Crippen LogP contribution in [0, 0.1) is 13.8 Å². The van der Waals surface area contributed by atoms with Gasteiger partial charge in [-0.25, -0.2) is 0 Å². The first-order chi connectivity index (χ1) is 11.5. The van der Waals surface area contributed by atoms with Crippen molar-refractivity contribution < 1.29 is 19.1 Å². The summed E-state index contributed by atoms with van der Waals surface area (Å²) >= 11 is 0. The number of benzene rings is 2.